The molecule has 0 fully saturated rings. The number of fused-ring (bicyclic) bond motifs is 1. The summed E-state index contributed by atoms with van der Waals surface area (Å²) in [5.41, 5.74) is 4.87. The highest BCUT2D eigenvalue weighted by Gasteiger charge is 2.13. The number of ether oxygens (including phenoxy) is 2. The maximum absolute atomic E-state index is 12.4. The number of nitrogens with zero attached hydrogens (tertiary/aromatic N) is 1. The van der Waals surface area contributed by atoms with Crippen molar-refractivity contribution in [1.82, 2.24) is 15.3 Å². The summed E-state index contributed by atoms with van der Waals surface area (Å²) < 4.78 is 11.4. The number of H-pyrrole nitrogens is 1. The number of imidazole rings is 1. The van der Waals surface area contributed by atoms with Crippen LogP contribution in [0.15, 0.2) is 66.7 Å². The van der Waals surface area contributed by atoms with Crippen LogP contribution in [0.3, 0.4) is 0 Å². The van der Waals surface area contributed by atoms with E-state index in [-0.39, 0.29) is 12.5 Å². The second kappa shape index (κ2) is 11.3. The minimum Gasteiger partial charge on any atom is -0.493 e. The molecule has 1 heterocycles. The fourth-order valence-corrected chi connectivity index (χ4v) is 3.72. The summed E-state index contributed by atoms with van der Waals surface area (Å²) in [5, 5.41) is 6.30. The molecule has 176 valence electrons. The molecular formula is C27H30N4O3. The lowest BCUT2D eigenvalue weighted by atomic mass is 10.1. The third kappa shape index (κ3) is 6.14. The van der Waals surface area contributed by atoms with Crippen molar-refractivity contribution < 1.29 is 14.3 Å². The van der Waals surface area contributed by atoms with Crippen LogP contribution >= 0.6 is 0 Å². The first-order valence-electron chi connectivity index (χ1n) is 11.4. The number of methoxy groups -OCH3 is 1. The first kappa shape index (κ1) is 23.3. The van der Waals surface area contributed by atoms with Crippen molar-refractivity contribution in [3.63, 3.8) is 0 Å². The fraction of sp³-hybridized carbons (Fsp3) is 0.259. The molecule has 0 spiro atoms. The third-order valence-electron chi connectivity index (χ3n) is 5.48. The van der Waals surface area contributed by atoms with E-state index in [1.807, 2.05) is 73.7 Å². The molecule has 0 atom stereocenters. The molecule has 34 heavy (non-hydrogen) atoms. The van der Waals surface area contributed by atoms with E-state index in [0.717, 1.165) is 53.1 Å². The Balaban J connectivity index is 1.28. The van der Waals surface area contributed by atoms with Gasteiger partial charge in [-0.1, -0.05) is 42.0 Å². The Morgan fingerprint density at radius 3 is 2.65 bits per heavy atom. The first-order valence-corrected chi connectivity index (χ1v) is 11.4. The van der Waals surface area contributed by atoms with Crippen molar-refractivity contribution in [2.75, 3.05) is 25.6 Å². The van der Waals surface area contributed by atoms with Crippen molar-refractivity contribution in [1.29, 1.82) is 0 Å². The average Bonchev–Trinajstić information content (AvgIpc) is 3.27. The van der Waals surface area contributed by atoms with Crippen molar-refractivity contribution >= 4 is 22.6 Å². The minimum atomic E-state index is -0.223. The zero-order valence-corrected chi connectivity index (χ0v) is 19.6. The van der Waals surface area contributed by atoms with Crippen molar-refractivity contribution in [3.8, 4) is 11.5 Å². The quantitative estimate of drug-likeness (QED) is 0.286. The van der Waals surface area contributed by atoms with Gasteiger partial charge in [0, 0.05) is 24.2 Å². The monoisotopic (exact) mass is 458 g/mol. The van der Waals surface area contributed by atoms with E-state index in [2.05, 4.69) is 20.6 Å². The number of rotatable bonds is 11. The highest BCUT2D eigenvalue weighted by atomic mass is 16.5. The second-order valence-electron chi connectivity index (χ2n) is 8.13. The number of nitrogens with one attached hydrogen (secondary N) is 3. The highest BCUT2D eigenvalue weighted by molar-refractivity contribution is 5.91. The standard InChI is InChI=1S/C27H30N4O3/c1-19-12-14-21(15-13-19)29-26(32)18-34-27-20(7-5-10-24(27)33-2)17-28-16-6-11-25-30-22-8-3-4-9-23(22)31-25/h3-5,7-10,12-15,28H,6,11,16-18H2,1-2H3,(H,29,32)(H,30,31). The molecule has 4 aromatic rings. The molecule has 0 aliphatic rings. The van der Waals surface area contributed by atoms with E-state index < -0.39 is 0 Å². The molecule has 0 saturated carbocycles. The van der Waals surface area contributed by atoms with E-state index in [1.54, 1.807) is 7.11 Å². The molecule has 0 unspecified atom stereocenters. The Hall–Kier alpha value is -3.84. The fourth-order valence-electron chi connectivity index (χ4n) is 3.72. The van der Waals surface area contributed by atoms with Crippen LogP contribution in [0.4, 0.5) is 5.69 Å². The zero-order chi connectivity index (χ0) is 23.8. The number of aromatic amines is 1. The van der Waals surface area contributed by atoms with Gasteiger partial charge in [0.25, 0.3) is 5.91 Å². The number of carbonyl (C=O) groups excluding carboxylic acids is 1. The molecule has 0 bridgehead atoms. The van der Waals surface area contributed by atoms with E-state index in [1.165, 1.54) is 0 Å². The topological polar surface area (TPSA) is 88.3 Å². The second-order valence-corrected chi connectivity index (χ2v) is 8.13. The number of anilines is 1. The first-order chi connectivity index (χ1) is 16.6. The summed E-state index contributed by atoms with van der Waals surface area (Å²) in [6.07, 6.45) is 1.81. The highest BCUT2D eigenvalue weighted by Crippen LogP contribution is 2.31. The van der Waals surface area contributed by atoms with Crippen LogP contribution in [-0.2, 0) is 17.8 Å². The largest absolute Gasteiger partial charge is 0.493 e. The van der Waals surface area contributed by atoms with Crippen LogP contribution in [0.1, 0.15) is 23.4 Å². The van der Waals surface area contributed by atoms with Gasteiger partial charge in [-0.3, -0.25) is 4.79 Å². The molecule has 1 amide bonds. The number of benzene rings is 3. The molecule has 3 N–H and O–H groups in total. The maximum Gasteiger partial charge on any atom is 0.262 e. The van der Waals surface area contributed by atoms with Crippen molar-refractivity contribution in [3.05, 3.63) is 83.7 Å². The molecule has 0 radical (unpaired) electrons. The lowest BCUT2D eigenvalue weighted by Gasteiger charge is -2.15. The number of aryl methyl sites for hydroxylation is 2. The Bertz CT molecular complexity index is 1200. The van der Waals surface area contributed by atoms with Gasteiger partial charge in [-0.15, -0.1) is 0 Å². The summed E-state index contributed by atoms with van der Waals surface area (Å²) in [6.45, 7) is 3.33. The summed E-state index contributed by atoms with van der Waals surface area (Å²) in [7, 11) is 1.60. The predicted molar refractivity (Wildman–Crippen MR) is 134 cm³/mol. The van der Waals surface area contributed by atoms with Gasteiger partial charge in [0.2, 0.25) is 0 Å². The normalized spacial score (nSPS) is 10.9. The smallest absolute Gasteiger partial charge is 0.262 e. The van der Waals surface area contributed by atoms with Gasteiger partial charge in [0.15, 0.2) is 18.1 Å². The Morgan fingerprint density at radius 2 is 1.85 bits per heavy atom. The van der Waals surface area contributed by atoms with Gasteiger partial charge in [0.05, 0.1) is 18.1 Å². The van der Waals surface area contributed by atoms with E-state index in [4.69, 9.17) is 9.47 Å². The number of aromatic nitrogens is 2. The van der Waals surface area contributed by atoms with Gasteiger partial charge in [-0.25, -0.2) is 4.98 Å². The molecule has 0 saturated heterocycles. The van der Waals surface area contributed by atoms with Crippen LogP contribution in [-0.4, -0.2) is 36.1 Å². The molecule has 7 heteroatoms. The van der Waals surface area contributed by atoms with Crippen LogP contribution < -0.4 is 20.1 Å². The maximum atomic E-state index is 12.4. The van der Waals surface area contributed by atoms with Crippen LogP contribution in [0.5, 0.6) is 11.5 Å². The van der Waals surface area contributed by atoms with Crippen LogP contribution in [0.2, 0.25) is 0 Å². The molecule has 0 aliphatic heterocycles. The number of para-hydroxylation sites is 3. The lowest BCUT2D eigenvalue weighted by molar-refractivity contribution is -0.118. The minimum absolute atomic E-state index is 0.104. The molecule has 7 nitrogen and oxygen atoms in total. The van der Waals surface area contributed by atoms with Gasteiger partial charge in [0.1, 0.15) is 5.82 Å². The predicted octanol–water partition coefficient (Wildman–Crippen LogP) is 4.62. The van der Waals surface area contributed by atoms with E-state index in [9.17, 15) is 4.79 Å². The van der Waals surface area contributed by atoms with E-state index in [0.29, 0.717) is 18.0 Å². The summed E-state index contributed by atoms with van der Waals surface area (Å²) >= 11 is 0. The van der Waals surface area contributed by atoms with Crippen LogP contribution in [0.25, 0.3) is 11.0 Å². The molecule has 4 rings (SSSR count). The summed E-state index contributed by atoms with van der Waals surface area (Å²) in [6, 6.07) is 21.4. The Labute approximate surface area is 199 Å². The molecule has 3 aromatic carbocycles. The number of carbonyl (C=O) groups is 1. The summed E-state index contributed by atoms with van der Waals surface area (Å²) in [4.78, 5) is 20.4. The molecule has 1 aromatic heterocycles. The number of hydrogen-bond donors (Lipinski definition) is 3. The van der Waals surface area contributed by atoms with Crippen molar-refractivity contribution in [2.45, 2.75) is 26.3 Å². The average molecular weight is 459 g/mol. The number of amides is 1. The molecular weight excluding hydrogens is 428 g/mol. The molecule has 0 aliphatic carbocycles. The Morgan fingerprint density at radius 1 is 1.03 bits per heavy atom. The zero-order valence-electron chi connectivity index (χ0n) is 19.6. The van der Waals surface area contributed by atoms with Gasteiger partial charge in [-0.2, -0.15) is 0 Å². The SMILES string of the molecule is COc1cccc(CNCCCc2nc3ccccc3[nH]2)c1OCC(=O)Nc1ccc(C)cc1. The van der Waals surface area contributed by atoms with Crippen LogP contribution in [0, 0.1) is 6.92 Å². The lowest BCUT2D eigenvalue weighted by Crippen LogP contribution is -2.21. The Kier molecular flexibility index (Phi) is 7.78. The summed E-state index contributed by atoms with van der Waals surface area (Å²) in [5.74, 6) is 1.95. The van der Waals surface area contributed by atoms with Gasteiger partial charge in [-0.05, 0) is 50.2 Å². The van der Waals surface area contributed by atoms with Gasteiger partial charge < -0.3 is 25.1 Å². The third-order valence-corrected chi connectivity index (χ3v) is 5.48. The van der Waals surface area contributed by atoms with Gasteiger partial charge >= 0.3 is 0 Å². The number of hydrogen-bond acceptors (Lipinski definition) is 5. The van der Waals surface area contributed by atoms with E-state index >= 15 is 0 Å². The van der Waals surface area contributed by atoms with Crippen molar-refractivity contribution in [2.24, 2.45) is 0 Å².